The normalized spacial score (nSPS) is 13.2. The van der Waals surface area contributed by atoms with E-state index in [-0.39, 0.29) is 17.8 Å². The SMILES string of the molecule is CCOCCOCCOCCOc1cccc(C(Cc2ccc(Cl)cc2)C(C)NC(=O)C(C)(C)Oc2ccc(C(F)(F)F)cn2)c1. The van der Waals surface area contributed by atoms with E-state index in [9.17, 15) is 18.0 Å². The molecule has 3 aromatic rings. The quantitative estimate of drug-likeness (QED) is 0.139. The van der Waals surface area contributed by atoms with Crippen LogP contribution in [0.4, 0.5) is 13.2 Å². The summed E-state index contributed by atoms with van der Waals surface area (Å²) in [6, 6.07) is 16.7. The predicted molar refractivity (Wildman–Crippen MR) is 170 cm³/mol. The Morgan fingerprint density at radius 3 is 2.17 bits per heavy atom. The minimum Gasteiger partial charge on any atom is -0.491 e. The second-order valence-electron chi connectivity index (χ2n) is 11.0. The first-order chi connectivity index (χ1) is 21.9. The van der Waals surface area contributed by atoms with Gasteiger partial charge in [-0.2, -0.15) is 13.2 Å². The lowest BCUT2D eigenvalue weighted by molar-refractivity contribution is -0.138. The maximum absolute atomic E-state index is 13.4. The summed E-state index contributed by atoms with van der Waals surface area (Å²) in [7, 11) is 0. The molecule has 0 fully saturated rings. The number of alkyl halides is 3. The highest BCUT2D eigenvalue weighted by atomic mass is 35.5. The molecule has 0 saturated carbocycles. The van der Waals surface area contributed by atoms with Crippen molar-refractivity contribution in [3.8, 4) is 11.6 Å². The topological polar surface area (TPSA) is 88.1 Å². The van der Waals surface area contributed by atoms with Crippen LogP contribution in [0.3, 0.4) is 0 Å². The summed E-state index contributed by atoms with van der Waals surface area (Å²) in [6.07, 6.45) is -3.27. The van der Waals surface area contributed by atoms with Crippen molar-refractivity contribution in [1.29, 1.82) is 0 Å². The highest BCUT2D eigenvalue weighted by Crippen LogP contribution is 2.31. The number of rotatable bonds is 19. The van der Waals surface area contributed by atoms with Crippen molar-refractivity contribution < 1.29 is 41.7 Å². The summed E-state index contributed by atoms with van der Waals surface area (Å²) in [5.41, 5.74) is -0.376. The molecule has 1 N–H and O–H groups in total. The molecule has 252 valence electrons. The molecule has 0 aliphatic rings. The van der Waals surface area contributed by atoms with Crippen molar-refractivity contribution >= 4 is 17.5 Å². The van der Waals surface area contributed by atoms with E-state index in [1.165, 1.54) is 13.8 Å². The molecule has 1 aromatic heterocycles. The van der Waals surface area contributed by atoms with Gasteiger partial charge in [-0.1, -0.05) is 35.9 Å². The molecule has 0 aliphatic carbocycles. The van der Waals surface area contributed by atoms with Crippen LogP contribution in [0.1, 0.15) is 50.3 Å². The number of ether oxygens (including phenoxy) is 5. The summed E-state index contributed by atoms with van der Waals surface area (Å²) in [6.45, 7) is 10.3. The van der Waals surface area contributed by atoms with Gasteiger partial charge in [0.2, 0.25) is 5.88 Å². The Morgan fingerprint density at radius 1 is 0.913 bits per heavy atom. The Morgan fingerprint density at radius 2 is 1.57 bits per heavy atom. The van der Waals surface area contributed by atoms with Gasteiger partial charge in [0.05, 0.1) is 38.6 Å². The zero-order chi connectivity index (χ0) is 33.6. The lowest BCUT2D eigenvalue weighted by Crippen LogP contribution is -2.51. The third-order valence-electron chi connectivity index (χ3n) is 7.03. The van der Waals surface area contributed by atoms with Crippen molar-refractivity contribution in [2.24, 2.45) is 0 Å². The third-order valence-corrected chi connectivity index (χ3v) is 7.28. The van der Waals surface area contributed by atoms with Gasteiger partial charge in [-0.05, 0) is 75.6 Å². The van der Waals surface area contributed by atoms with Gasteiger partial charge in [-0.15, -0.1) is 0 Å². The van der Waals surface area contributed by atoms with Crippen molar-refractivity contribution in [1.82, 2.24) is 10.3 Å². The number of pyridine rings is 1. The predicted octanol–water partition coefficient (Wildman–Crippen LogP) is 6.89. The Hall–Kier alpha value is -3.38. The van der Waals surface area contributed by atoms with E-state index in [1.54, 1.807) is 0 Å². The van der Waals surface area contributed by atoms with E-state index in [1.807, 2.05) is 62.4 Å². The van der Waals surface area contributed by atoms with Crippen molar-refractivity contribution in [3.05, 3.63) is 88.6 Å². The first-order valence-electron chi connectivity index (χ1n) is 15.1. The zero-order valence-electron chi connectivity index (χ0n) is 26.6. The van der Waals surface area contributed by atoms with Crippen LogP contribution in [-0.2, 0) is 31.6 Å². The van der Waals surface area contributed by atoms with Crippen LogP contribution in [0.5, 0.6) is 11.6 Å². The maximum atomic E-state index is 13.4. The minimum absolute atomic E-state index is 0.0959. The molecule has 8 nitrogen and oxygen atoms in total. The summed E-state index contributed by atoms with van der Waals surface area (Å²) in [4.78, 5) is 17.1. The van der Waals surface area contributed by atoms with E-state index in [2.05, 4.69) is 10.3 Å². The third kappa shape index (κ3) is 12.4. The van der Waals surface area contributed by atoms with Gasteiger partial charge < -0.3 is 29.0 Å². The number of hydrogen-bond acceptors (Lipinski definition) is 7. The standard InChI is InChI=1S/C34H42ClF3N2O6/c1-5-42-15-16-43-17-18-44-19-20-45-29-8-6-7-26(22-29)30(21-25-9-12-28(35)13-10-25)24(2)40-32(41)33(3,4)46-31-14-11-27(23-39-31)34(36,37)38/h6-14,22-24,30H,5,15-21H2,1-4H3,(H,40,41). The molecule has 2 aromatic carbocycles. The molecular formula is C34H42ClF3N2O6. The van der Waals surface area contributed by atoms with Gasteiger partial charge in [-0.25, -0.2) is 4.98 Å². The zero-order valence-corrected chi connectivity index (χ0v) is 27.3. The van der Waals surface area contributed by atoms with E-state index in [0.29, 0.717) is 69.6 Å². The van der Waals surface area contributed by atoms with Crippen molar-refractivity contribution in [3.63, 3.8) is 0 Å². The number of halogens is 4. The number of carbonyl (C=O) groups is 1. The Kier molecular flexibility index (Phi) is 14.6. The van der Waals surface area contributed by atoms with Crippen LogP contribution >= 0.6 is 11.6 Å². The van der Waals surface area contributed by atoms with Gasteiger partial charge in [0, 0.05) is 35.9 Å². The number of carbonyl (C=O) groups excluding carboxylic acids is 1. The Labute approximate surface area is 273 Å². The molecule has 2 atom stereocenters. The first kappa shape index (κ1) is 37.1. The monoisotopic (exact) mass is 666 g/mol. The van der Waals surface area contributed by atoms with E-state index in [0.717, 1.165) is 23.3 Å². The van der Waals surface area contributed by atoms with Crippen LogP contribution in [-0.4, -0.2) is 68.8 Å². The maximum Gasteiger partial charge on any atom is 0.417 e. The van der Waals surface area contributed by atoms with Crippen LogP contribution in [0, 0.1) is 0 Å². The summed E-state index contributed by atoms with van der Waals surface area (Å²) in [5, 5.41) is 3.65. The molecule has 0 radical (unpaired) electrons. The average molecular weight is 667 g/mol. The van der Waals surface area contributed by atoms with Crippen molar-refractivity contribution in [2.45, 2.75) is 57.9 Å². The van der Waals surface area contributed by atoms with E-state index in [4.69, 9.17) is 35.3 Å². The van der Waals surface area contributed by atoms with Gasteiger partial charge >= 0.3 is 6.18 Å². The summed E-state index contributed by atoms with van der Waals surface area (Å²) >= 11 is 6.11. The molecule has 3 rings (SSSR count). The molecule has 0 bridgehead atoms. The van der Waals surface area contributed by atoms with Crippen LogP contribution in [0.15, 0.2) is 66.9 Å². The molecule has 2 unspecified atom stereocenters. The largest absolute Gasteiger partial charge is 0.491 e. The number of benzene rings is 2. The molecule has 0 aliphatic heterocycles. The Balaban J connectivity index is 1.64. The lowest BCUT2D eigenvalue weighted by Gasteiger charge is -2.31. The molecule has 1 amide bonds. The fraction of sp³-hybridized carbons (Fsp3) is 0.471. The number of aromatic nitrogens is 1. The second kappa shape index (κ2) is 18.1. The second-order valence-corrected chi connectivity index (χ2v) is 11.5. The molecule has 0 spiro atoms. The highest BCUT2D eigenvalue weighted by Gasteiger charge is 2.34. The van der Waals surface area contributed by atoms with Gasteiger partial charge in [-0.3, -0.25) is 4.79 Å². The van der Waals surface area contributed by atoms with Crippen LogP contribution in [0.2, 0.25) is 5.02 Å². The number of nitrogens with zero attached hydrogens (tertiary/aromatic N) is 1. The molecule has 12 heteroatoms. The van der Waals surface area contributed by atoms with Gasteiger partial charge in [0.1, 0.15) is 12.4 Å². The number of amides is 1. The molecule has 0 saturated heterocycles. The number of hydrogen-bond donors (Lipinski definition) is 1. The summed E-state index contributed by atoms with van der Waals surface area (Å²) < 4.78 is 66.7. The number of nitrogens with one attached hydrogen (secondary N) is 1. The molecule has 1 heterocycles. The fourth-order valence-electron chi connectivity index (χ4n) is 4.49. The lowest BCUT2D eigenvalue weighted by atomic mass is 9.86. The minimum atomic E-state index is -4.53. The van der Waals surface area contributed by atoms with Gasteiger partial charge in [0.25, 0.3) is 5.91 Å². The smallest absolute Gasteiger partial charge is 0.417 e. The highest BCUT2D eigenvalue weighted by molar-refractivity contribution is 6.30. The van der Waals surface area contributed by atoms with Crippen molar-refractivity contribution in [2.75, 3.05) is 46.2 Å². The van der Waals surface area contributed by atoms with E-state index < -0.39 is 23.2 Å². The molecular weight excluding hydrogens is 625 g/mol. The van der Waals surface area contributed by atoms with Crippen LogP contribution < -0.4 is 14.8 Å². The first-order valence-corrected chi connectivity index (χ1v) is 15.5. The van der Waals surface area contributed by atoms with Crippen LogP contribution in [0.25, 0.3) is 0 Å². The average Bonchev–Trinajstić information content (AvgIpc) is 3.01. The Bertz CT molecular complexity index is 1340. The fourth-order valence-corrected chi connectivity index (χ4v) is 4.62. The van der Waals surface area contributed by atoms with E-state index >= 15 is 0 Å². The molecule has 46 heavy (non-hydrogen) atoms. The summed E-state index contributed by atoms with van der Waals surface area (Å²) in [5.74, 6) is -0.0693. The van der Waals surface area contributed by atoms with Gasteiger partial charge in [0.15, 0.2) is 5.60 Å².